The average Bonchev–Trinajstić information content (AvgIpc) is 2.44. The molecule has 0 radical (unpaired) electrons. The maximum absolute atomic E-state index is 12.2. The molecule has 0 aromatic heterocycles. The zero-order chi connectivity index (χ0) is 15.1. The summed E-state index contributed by atoms with van der Waals surface area (Å²) in [6.07, 6.45) is 0.264. The molecule has 0 aliphatic rings. The predicted octanol–water partition coefficient (Wildman–Crippen LogP) is 2.00. The number of nitrogens with zero attached hydrogens (tertiary/aromatic N) is 2. The van der Waals surface area contributed by atoms with Crippen molar-refractivity contribution in [2.45, 2.75) is 33.2 Å². The van der Waals surface area contributed by atoms with Crippen molar-refractivity contribution in [2.24, 2.45) is 0 Å². The molecule has 0 heterocycles. The summed E-state index contributed by atoms with van der Waals surface area (Å²) in [6, 6.07) is 7.17. The van der Waals surface area contributed by atoms with Crippen LogP contribution in [-0.4, -0.2) is 29.9 Å². The molecule has 0 fully saturated rings. The highest BCUT2D eigenvalue weighted by atomic mass is 16.2. The van der Waals surface area contributed by atoms with Crippen molar-refractivity contribution in [3.63, 3.8) is 0 Å². The van der Waals surface area contributed by atoms with E-state index in [4.69, 9.17) is 11.0 Å². The van der Waals surface area contributed by atoms with Gasteiger partial charge in [0.05, 0.1) is 12.5 Å². The van der Waals surface area contributed by atoms with Crippen LogP contribution in [0.5, 0.6) is 0 Å². The van der Waals surface area contributed by atoms with Gasteiger partial charge in [0.2, 0.25) is 5.91 Å². The number of carbonyl (C=O) groups is 1. The SMILES string of the molecule is CCN(CC)C(=O)C(C)Nc1ccc(N)c(CC#N)c1. The van der Waals surface area contributed by atoms with E-state index in [0.29, 0.717) is 18.8 Å². The van der Waals surface area contributed by atoms with E-state index >= 15 is 0 Å². The summed E-state index contributed by atoms with van der Waals surface area (Å²) in [6.45, 7) is 7.15. The Kier molecular flexibility index (Phi) is 5.85. The zero-order valence-corrected chi connectivity index (χ0v) is 12.3. The standard InChI is InChI=1S/C15H22N4O/c1-4-19(5-2)15(20)11(3)18-13-6-7-14(17)12(10-13)8-9-16/h6-7,10-11,18H,4-5,8,17H2,1-3H3. The molecular weight excluding hydrogens is 252 g/mol. The van der Waals surface area contributed by atoms with Gasteiger partial charge in [-0.2, -0.15) is 5.26 Å². The lowest BCUT2D eigenvalue weighted by Gasteiger charge is -2.24. The van der Waals surface area contributed by atoms with Gasteiger partial charge in [-0.05, 0) is 44.5 Å². The van der Waals surface area contributed by atoms with Crippen molar-refractivity contribution < 1.29 is 4.79 Å². The summed E-state index contributed by atoms with van der Waals surface area (Å²) in [7, 11) is 0. The number of likely N-dealkylation sites (N-methyl/N-ethyl adjacent to an activating group) is 1. The van der Waals surface area contributed by atoms with E-state index < -0.39 is 0 Å². The van der Waals surface area contributed by atoms with Gasteiger partial charge < -0.3 is 16.0 Å². The minimum atomic E-state index is -0.312. The number of carbonyl (C=O) groups excluding carboxylic acids is 1. The Balaban J connectivity index is 2.80. The lowest BCUT2D eigenvalue weighted by molar-refractivity contribution is -0.131. The first-order valence-corrected chi connectivity index (χ1v) is 6.84. The van der Waals surface area contributed by atoms with Gasteiger partial charge in [0.25, 0.3) is 0 Å². The molecule has 1 atom stereocenters. The lowest BCUT2D eigenvalue weighted by Crippen LogP contribution is -2.41. The first kappa shape index (κ1) is 15.8. The largest absolute Gasteiger partial charge is 0.398 e. The molecule has 1 aromatic carbocycles. The van der Waals surface area contributed by atoms with E-state index in [-0.39, 0.29) is 18.4 Å². The highest BCUT2D eigenvalue weighted by molar-refractivity contribution is 5.84. The van der Waals surface area contributed by atoms with E-state index in [1.165, 1.54) is 0 Å². The van der Waals surface area contributed by atoms with Crippen LogP contribution in [0.15, 0.2) is 18.2 Å². The Morgan fingerprint density at radius 1 is 1.45 bits per heavy atom. The van der Waals surface area contributed by atoms with Crippen LogP contribution in [-0.2, 0) is 11.2 Å². The molecule has 0 bridgehead atoms. The fourth-order valence-electron chi connectivity index (χ4n) is 2.05. The molecule has 1 unspecified atom stereocenters. The highest BCUT2D eigenvalue weighted by Crippen LogP contribution is 2.19. The second kappa shape index (κ2) is 7.39. The Bertz CT molecular complexity index is 503. The summed E-state index contributed by atoms with van der Waals surface area (Å²) in [5.41, 5.74) is 7.98. The topological polar surface area (TPSA) is 82.2 Å². The number of anilines is 2. The number of nitrogens with one attached hydrogen (secondary N) is 1. The normalized spacial score (nSPS) is 11.5. The fraction of sp³-hybridized carbons (Fsp3) is 0.467. The second-order valence-electron chi connectivity index (χ2n) is 4.63. The van der Waals surface area contributed by atoms with Crippen LogP contribution in [0.3, 0.4) is 0 Å². The van der Waals surface area contributed by atoms with Crippen molar-refractivity contribution >= 4 is 17.3 Å². The highest BCUT2D eigenvalue weighted by Gasteiger charge is 2.17. The van der Waals surface area contributed by atoms with Crippen LogP contribution < -0.4 is 11.1 Å². The van der Waals surface area contributed by atoms with Crippen LogP contribution in [0.4, 0.5) is 11.4 Å². The maximum Gasteiger partial charge on any atom is 0.244 e. The van der Waals surface area contributed by atoms with Gasteiger partial charge in [-0.15, -0.1) is 0 Å². The van der Waals surface area contributed by atoms with E-state index in [1.807, 2.05) is 32.9 Å². The van der Waals surface area contributed by atoms with E-state index in [1.54, 1.807) is 11.0 Å². The molecule has 1 amide bonds. The molecule has 3 N–H and O–H groups in total. The Morgan fingerprint density at radius 3 is 2.65 bits per heavy atom. The number of nitrogen functional groups attached to an aromatic ring is 1. The molecule has 5 heteroatoms. The van der Waals surface area contributed by atoms with Gasteiger partial charge in [-0.1, -0.05) is 0 Å². The van der Waals surface area contributed by atoms with Gasteiger partial charge in [-0.25, -0.2) is 0 Å². The molecule has 5 nitrogen and oxygen atoms in total. The van der Waals surface area contributed by atoms with Crippen molar-refractivity contribution in [1.82, 2.24) is 4.90 Å². The van der Waals surface area contributed by atoms with Gasteiger partial charge in [0.1, 0.15) is 6.04 Å². The number of benzene rings is 1. The third-order valence-electron chi connectivity index (χ3n) is 3.24. The van der Waals surface area contributed by atoms with Crippen LogP contribution in [0.1, 0.15) is 26.3 Å². The lowest BCUT2D eigenvalue weighted by atomic mass is 10.1. The van der Waals surface area contributed by atoms with Gasteiger partial charge in [0, 0.05) is 24.5 Å². The van der Waals surface area contributed by atoms with E-state index in [2.05, 4.69) is 11.4 Å². The fourth-order valence-corrected chi connectivity index (χ4v) is 2.05. The quantitative estimate of drug-likeness (QED) is 0.777. The molecular formula is C15H22N4O. The number of hydrogen-bond donors (Lipinski definition) is 2. The molecule has 0 spiro atoms. The minimum Gasteiger partial charge on any atom is -0.398 e. The molecule has 0 saturated heterocycles. The molecule has 20 heavy (non-hydrogen) atoms. The van der Waals surface area contributed by atoms with Crippen LogP contribution >= 0.6 is 0 Å². The van der Waals surface area contributed by atoms with Crippen molar-refractivity contribution in [3.8, 4) is 6.07 Å². The first-order chi connectivity index (χ1) is 9.53. The number of rotatable bonds is 6. The third kappa shape index (κ3) is 3.89. The third-order valence-corrected chi connectivity index (χ3v) is 3.24. The number of nitrogens with two attached hydrogens (primary N) is 1. The molecule has 0 aliphatic heterocycles. The summed E-state index contributed by atoms with van der Waals surface area (Å²) >= 11 is 0. The summed E-state index contributed by atoms with van der Waals surface area (Å²) < 4.78 is 0. The molecule has 0 aliphatic carbocycles. The van der Waals surface area contributed by atoms with Crippen LogP contribution in [0.25, 0.3) is 0 Å². The van der Waals surface area contributed by atoms with Crippen LogP contribution in [0.2, 0.25) is 0 Å². The Labute approximate surface area is 120 Å². The van der Waals surface area contributed by atoms with E-state index in [0.717, 1.165) is 11.3 Å². The van der Waals surface area contributed by atoms with Gasteiger partial charge >= 0.3 is 0 Å². The summed E-state index contributed by atoms with van der Waals surface area (Å²) in [5, 5.41) is 11.9. The van der Waals surface area contributed by atoms with Crippen LogP contribution in [0, 0.1) is 11.3 Å². The molecule has 1 aromatic rings. The predicted molar refractivity (Wildman–Crippen MR) is 81.2 cm³/mol. The Morgan fingerprint density at radius 2 is 2.10 bits per heavy atom. The minimum absolute atomic E-state index is 0.0636. The van der Waals surface area contributed by atoms with Crippen molar-refractivity contribution in [3.05, 3.63) is 23.8 Å². The van der Waals surface area contributed by atoms with E-state index in [9.17, 15) is 4.79 Å². The number of nitriles is 1. The van der Waals surface area contributed by atoms with Gasteiger partial charge in [-0.3, -0.25) is 4.79 Å². The molecule has 1 rings (SSSR count). The van der Waals surface area contributed by atoms with Crippen molar-refractivity contribution in [1.29, 1.82) is 5.26 Å². The number of amides is 1. The Hall–Kier alpha value is -2.22. The average molecular weight is 274 g/mol. The summed E-state index contributed by atoms with van der Waals surface area (Å²) in [5.74, 6) is 0.0636. The summed E-state index contributed by atoms with van der Waals surface area (Å²) in [4.78, 5) is 14.0. The maximum atomic E-state index is 12.2. The zero-order valence-electron chi connectivity index (χ0n) is 12.3. The van der Waals surface area contributed by atoms with Crippen molar-refractivity contribution in [2.75, 3.05) is 24.1 Å². The number of hydrogen-bond acceptors (Lipinski definition) is 4. The first-order valence-electron chi connectivity index (χ1n) is 6.84. The molecule has 108 valence electrons. The second-order valence-corrected chi connectivity index (χ2v) is 4.63. The smallest absolute Gasteiger partial charge is 0.244 e. The monoisotopic (exact) mass is 274 g/mol. The van der Waals surface area contributed by atoms with Gasteiger partial charge in [0.15, 0.2) is 0 Å². The molecule has 0 saturated carbocycles.